The van der Waals surface area contributed by atoms with Gasteiger partial charge in [-0.05, 0) is 38.4 Å². The van der Waals surface area contributed by atoms with E-state index in [0.717, 1.165) is 38.0 Å². The van der Waals surface area contributed by atoms with Crippen LogP contribution >= 0.6 is 0 Å². The van der Waals surface area contributed by atoms with Crippen LogP contribution in [0.15, 0.2) is 18.3 Å². The van der Waals surface area contributed by atoms with E-state index < -0.39 is 6.10 Å². The molecule has 21 heavy (non-hydrogen) atoms. The van der Waals surface area contributed by atoms with Crippen LogP contribution in [0.4, 0.5) is 0 Å². The lowest BCUT2D eigenvalue weighted by molar-refractivity contribution is -0.137. The van der Waals surface area contributed by atoms with Crippen molar-refractivity contribution in [2.75, 3.05) is 19.6 Å². The topological polar surface area (TPSA) is 68.5 Å². The van der Waals surface area contributed by atoms with Gasteiger partial charge in [0.1, 0.15) is 5.75 Å². The van der Waals surface area contributed by atoms with Crippen molar-refractivity contribution in [3.8, 4) is 5.75 Å². The van der Waals surface area contributed by atoms with Gasteiger partial charge in [-0.25, -0.2) is 0 Å². The van der Waals surface area contributed by atoms with Crippen molar-refractivity contribution in [3.63, 3.8) is 0 Å². The minimum absolute atomic E-state index is 0.0722. The largest absolute Gasteiger partial charge is 0.479 e. The third-order valence-corrected chi connectivity index (χ3v) is 3.78. The maximum Gasteiger partial charge on any atom is 0.263 e. The lowest BCUT2D eigenvalue weighted by Gasteiger charge is -2.24. The lowest BCUT2D eigenvalue weighted by Crippen LogP contribution is -2.41. The molecule has 1 saturated heterocycles. The summed E-state index contributed by atoms with van der Waals surface area (Å²) in [4.78, 5) is 18.6. The van der Waals surface area contributed by atoms with E-state index in [1.165, 1.54) is 12.8 Å². The van der Waals surface area contributed by atoms with E-state index in [9.17, 15) is 4.79 Å². The van der Waals surface area contributed by atoms with Crippen LogP contribution in [0.1, 0.15) is 38.3 Å². The van der Waals surface area contributed by atoms with Gasteiger partial charge in [0, 0.05) is 25.2 Å². The summed E-state index contributed by atoms with van der Waals surface area (Å²) in [7, 11) is 0. The number of ether oxygens (including phenoxy) is 1. The van der Waals surface area contributed by atoms with E-state index in [1.54, 1.807) is 13.1 Å². The Bertz CT molecular complexity index is 439. The van der Waals surface area contributed by atoms with Crippen LogP contribution in [-0.4, -0.2) is 41.5 Å². The summed E-state index contributed by atoms with van der Waals surface area (Å²) in [5.74, 6) is 0.703. The number of hydrogen-bond acceptors (Lipinski definition) is 4. The normalized spacial score (nSPS) is 17.1. The van der Waals surface area contributed by atoms with E-state index in [0.29, 0.717) is 12.3 Å². The van der Waals surface area contributed by atoms with Gasteiger partial charge in [-0.15, -0.1) is 0 Å². The van der Waals surface area contributed by atoms with Gasteiger partial charge in [0.05, 0.1) is 6.20 Å². The lowest BCUT2D eigenvalue weighted by atomic mass is 10.2. The molecule has 5 heteroatoms. The minimum Gasteiger partial charge on any atom is -0.479 e. The summed E-state index contributed by atoms with van der Waals surface area (Å²) in [6, 6.07) is 3.75. The van der Waals surface area contributed by atoms with Crippen molar-refractivity contribution in [2.45, 2.75) is 45.1 Å². The number of hydrogen-bond donors (Lipinski definition) is 1. The fourth-order valence-corrected chi connectivity index (χ4v) is 2.58. The predicted octanol–water partition coefficient (Wildman–Crippen LogP) is 1.75. The number of carbonyl (C=O) groups is 1. The van der Waals surface area contributed by atoms with E-state index >= 15 is 0 Å². The number of carbonyl (C=O) groups excluding carboxylic acids is 1. The zero-order chi connectivity index (χ0) is 15.1. The quantitative estimate of drug-likeness (QED) is 0.897. The van der Waals surface area contributed by atoms with Crippen molar-refractivity contribution in [2.24, 2.45) is 5.73 Å². The summed E-state index contributed by atoms with van der Waals surface area (Å²) in [5.41, 5.74) is 6.43. The first-order valence-electron chi connectivity index (χ1n) is 7.81. The van der Waals surface area contributed by atoms with Gasteiger partial charge >= 0.3 is 0 Å². The van der Waals surface area contributed by atoms with Crippen molar-refractivity contribution in [1.82, 2.24) is 9.88 Å². The first-order valence-corrected chi connectivity index (χ1v) is 7.81. The Labute approximate surface area is 126 Å². The zero-order valence-electron chi connectivity index (χ0n) is 12.8. The van der Waals surface area contributed by atoms with Crippen molar-refractivity contribution in [3.05, 3.63) is 24.0 Å². The second-order valence-electron chi connectivity index (χ2n) is 5.52. The van der Waals surface area contributed by atoms with Gasteiger partial charge < -0.3 is 15.4 Å². The molecule has 1 aromatic heterocycles. The zero-order valence-corrected chi connectivity index (χ0v) is 12.8. The maximum atomic E-state index is 12.4. The number of amides is 1. The first-order chi connectivity index (χ1) is 10.2. The second kappa shape index (κ2) is 7.98. The monoisotopic (exact) mass is 291 g/mol. The molecule has 116 valence electrons. The van der Waals surface area contributed by atoms with Crippen molar-refractivity contribution >= 4 is 5.91 Å². The van der Waals surface area contributed by atoms with Crippen LogP contribution in [0.5, 0.6) is 5.75 Å². The maximum absolute atomic E-state index is 12.4. The van der Waals surface area contributed by atoms with Gasteiger partial charge in [0.15, 0.2) is 6.10 Å². The molecule has 0 bridgehead atoms. The van der Waals surface area contributed by atoms with Gasteiger partial charge in [-0.3, -0.25) is 9.78 Å². The molecule has 1 unspecified atom stereocenters. The van der Waals surface area contributed by atoms with Crippen LogP contribution < -0.4 is 10.5 Å². The second-order valence-corrected chi connectivity index (χ2v) is 5.52. The number of aromatic nitrogens is 1. The SMILES string of the molecule is CC(Oc1ccc(CCN)nc1)C(=O)N1CCCCCC1. The highest BCUT2D eigenvalue weighted by Crippen LogP contribution is 2.15. The fraction of sp³-hybridized carbons (Fsp3) is 0.625. The summed E-state index contributed by atoms with van der Waals surface area (Å²) in [5, 5.41) is 0. The Morgan fingerprint density at radius 3 is 2.62 bits per heavy atom. The summed E-state index contributed by atoms with van der Waals surface area (Å²) in [6.45, 7) is 4.08. The Hall–Kier alpha value is -1.62. The standard InChI is InChI=1S/C16H25N3O2/c1-13(16(20)19-10-4-2-3-5-11-19)21-15-7-6-14(8-9-17)18-12-15/h6-7,12-13H,2-5,8-11,17H2,1H3. The molecule has 0 saturated carbocycles. The third kappa shape index (κ3) is 4.70. The van der Waals surface area contributed by atoms with E-state index in [-0.39, 0.29) is 5.91 Å². The van der Waals surface area contributed by atoms with E-state index in [1.807, 2.05) is 17.0 Å². The number of likely N-dealkylation sites (tertiary alicyclic amines) is 1. The van der Waals surface area contributed by atoms with E-state index in [4.69, 9.17) is 10.5 Å². The predicted molar refractivity (Wildman–Crippen MR) is 82.1 cm³/mol. The van der Waals surface area contributed by atoms with Gasteiger partial charge in [-0.1, -0.05) is 12.8 Å². The van der Waals surface area contributed by atoms with Crippen LogP contribution in [0.3, 0.4) is 0 Å². The molecule has 2 rings (SSSR count). The molecule has 2 heterocycles. The number of nitrogens with two attached hydrogens (primary N) is 1. The molecule has 1 atom stereocenters. The molecule has 1 fully saturated rings. The molecule has 2 N–H and O–H groups in total. The highest BCUT2D eigenvalue weighted by molar-refractivity contribution is 5.80. The van der Waals surface area contributed by atoms with E-state index in [2.05, 4.69) is 4.98 Å². The average molecular weight is 291 g/mol. The Balaban J connectivity index is 1.90. The van der Waals surface area contributed by atoms with Crippen molar-refractivity contribution in [1.29, 1.82) is 0 Å². The molecule has 0 aliphatic carbocycles. The summed E-state index contributed by atoms with van der Waals surface area (Å²) >= 11 is 0. The summed E-state index contributed by atoms with van der Waals surface area (Å²) in [6.07, 6.45) is 6.56. The molecule has 1 aliphatic heterocycles. The third-order valence-electron chi connectivity index (χ3n) is 3.78. The van der Waals surface area contributed by atoms with Crippen LogP contribution in [0.25, 0.3) is 0 Å². The van der Waals surface area contributed by atoms with Crippen LogP contribution in [0.2, 0.25) is 0 Å². The Morgan fingerprint density at radius 2 is 2.05 bits per heavy atom. The van der Waals surface area contributed by atoms with Gasteiger partial charge in [0.2, 0.25) is 0 Å². The molecule has 1 aromatic rings. The Morgan fingerprint density at radius 1 is 1.33 bits per heavy atom. The number of rotatable bonds is 5. The van der Waals surface area contributed by atoms with Crippen LogP contribution in [-0.2, 0) is 11.2 Å². The van der Waals surface area contributed by atoms with Gasteiger partial charge in [0.25, 0.3) is 5.91 Å². The smallest absolute Gasteiger partial charge is 0.263 e. The van der Waals surface area contributed by atoms with Crippen molar-refractivity contribution < 1.29 is 9.53 Å². The van der Waals surface area contributed by atoms with Gasteiger partial charge in [-0.2, -0.15) is 0 Å². The number of nitrogens with zero attached hydrogens (tertiary/aromatic N) is 2. The highest BCUT2D eigenvalue weighted by Gasteiger charge is 2.22. The molecular formula is C16H25N3O2. The average Bonchev–Trinajstić information content (AvgIpc) is 2.78. The summed E-state index contributed by atoms with van der Waals surface area (Å²) < 4.78 is 5.72. The fourth-order valence-electron chi connectivity index (χ4n) is 2.58. The Kier molecular flexibility index (Phi) is 5.99. The molecule has 0 spiro atoms. The molecule has 5 nitrogen and oxygen atoms in total. The molecule has 0 aromatic carbocycles. The molecule has 1 amide bonds. The molecular weight excluding hydrogens is 266 g/mol. The first kappa shape index (κ1) is 15.8. The molecule has 0 radical (unpaired) electrons. The number of pyridine rings is 1. The molecule has 1 aliphatic rings. The van der Waals surface area contributed by atoms with Crippen LogP contribution in [0, 0.1) is 0 Å². The minimum atomic E-state index is -0.467. The highest BCUT2D eigenvalue weighted by atomic mass is 16.5.